The maximum Gasteiger partial charge on any atom is 0.414 e. The monoisotopic (exact) mass is 656 g/mol. The van der Waals surface area contributed by atoms with Gasteiger partial charge in [0.2, 0.25) is 0 Å². The molecule has 3 aromatic carbocycles. The summed E-state index contributed by atoms with van der Waals surface area (Å²) in [5, 5.41) is 20.5. The minimum Gasteiger partial charge on any atom is -0.497 e. The van der Waals surface area contributed by atoms with Gasteiger partial charge in [-0.25, -0.2) is 4.79 Å². The lowest BCUT2D eigenvalue weighted by atomic mass is 9.86. The van der Waals surface area contributed by atoms with Gasteiger partial charge in [-0.2, -0.15) is 0 Å². The number of ether oxygens (including phenoxy) is 4. The Hall–Kier alpha value is -4.19. The molecule has 2 unspecified atom stereocenters. The topological polar surface area (TPSA) is 108 Å². The number of aromatic nitrogens is 3. The first kappa shape index (κ1) is 32.7. The number of cyclic esters (lactones) is 1. The molecular weight excluding hydrogens is 613 g/mol. The quantitative estimate of drug-likeness (QED) is 0.199. The van der Waals surface area contributed by atoms with Crippen molar-refractivity contribution in [2.45, 2.75) is 56.7 Å². The van der Waals surface area contributed by atoms with Crippen LogP contribution in [0.15, 0.2) is 79.0 Å². The summed E-state index contributed by atoms with van der Waals surface area (Å²) >= 11 is 0. The molecule has 1 aromatic heterocycles. The van der Waals surface area contributed by atoms with Crippen LogP contribution in [0.2, 0.25) is 18.6 Å². The Morgan fingerprint density at radius 2 is 1.83 bits per heavy atom. The standard InChI is InChI=1S/C36H44N4O6Si/c1-24-34(44-3)29-21-26(40-19-20-45-36(40)42)11-16-32(29)46-35(24)33(47(4,5)28-14-12-27(43-2)13-15-28)17-18-39-22-31(37-38-39)30(23-41)25-9-7-6-8-10-25/h6-16,21-22,24,30,33-35,41H,17-20,23H2,1-5H3/t24-,30?,33?,34-,35-/m1/s1. The molecule has 0 aliphatic carbocycles. The molecule has 1 fully saturated rings. The Morgan fingerprint density at radius 3 is 2.49 bits per heavy atom. The van der Waals surface area contributed by atoms with Gasteiger partial charge in [0.1, 0.15) is 24.2 Å². The SMILES string of the molecule is COc1ccc([Si](C)(C)C(CCn2cc(C(CO)c3ccccc3)nn2)[C@@H]2Oc3ccc(N4CCOC4=O)cc3[C@H](OC)[C@H]2C)cc1. The third-order valence-electron chi connectivity index (χ3n) is 10.0. The molecule has 3 heterocycles. The second kappa shape index (κ2) is 13.9. The van der Waals surface area contributed by atoms with Crippen molar-refractivity contribution >= 4 is 25.0 Å². The van der Waals surface area contributed by atoms with Gasteiger partial charge in [-0.15, -0.1) is 5.10 Å². The summed E-state index contributed by atoms with van der Waals surface area (Å²) in [5.41, 5.74) is 3.64. The second-order valence-electron chi connectivity index (χ2n) is 13.0. The van der Waals surface area contributed by atoms with Crippen LogP contribution in [0.5, 0.6) is 11.5 Å². The van der Waals surface area contributed by atoms with Crippen molar-refractivity contribution in [2.24, 2.45) is 5.92 Å². The van der Waals surface area contributed by atoms with Gasteiger partial charge in [0, 0.05) is 37.0 Å². The molecule has 2 aliphatic rings. The summed E-state index contributed by atoms with van der Waals surface area (Å²) in [6.07, 6.45) is 2.06. The number of methoxy groups -OCH3 is 2. The second-order valence-corrected chi connectivity index (χ2v) is 17.7. The first-order valence-electron chi connectivity index (χ1n) is 16.2. The maximum absolute atomic E-state index is 12.3. The zero-order valence-electron chi connectivity index (χ0n) is 27.7. The lowest BCUT2D eigenvalue weighted by Crippen LogP contribution is -2.54. The van der Waals surface area contributed by atoms with Crippen LogP contribution in [0.3, 0.4) is 0 Å². The Labute approximate surface area is 277 Å². The third-order valence-corrected chi connectivity index (χ3v) is 14.3. The summed E-state index contributed by atoms with van der Waals surface area (Å²) in [4.78, 5) is 14.0. The summed E-state index contributed by atoms with van der Waals surface area (Å²) in [6.45, 7) is 8.50. The Kier molecular flexibility index (Phi) is 9.67. The van der Waals surface area contributed by atoms with Gasteiger partial charge >= 0.3 is 6.09 Å². The minimum atomic E-state index is -2.21. The average Bonchev–Trinajstić information content (AvgIpc) is 3.74. The number of carbonyl (C=O) groups excluding carboxylic acids is 1. The van der Waals surface area contributed by atoms with Crippen LogP contribution in [-0.4, -0.2) is 74.3 Å². The first-order chi connectivity index (χ1) is 22.7. The van der Waals surface area contributed by atoms with Crippen LogP contribution in [0, 0.1) is 5.92 Å². The van der Waals surface area contributed by atoms with Crippen molar-refractivity contribution in [3.05, 3.63) is 95.8 Å². The summed E-state index contributed by atoms with van der Waals surface area (Å²) in [6, 6.07) is 24.2. The zero-order valence-corrected chi connectivity index (χ0v) is 28.7. The van der Waals surface area contributed by atoms with Crippen LogP contribution in [0.1, 0.15) is 42.2 Å². The molecule has 4 aromatic rings. The van der Waals surface area contributed by atoms with Crippen LogP contribution in [0.4, 0.5) is 10.5 Å². The molecular formula is C36H44N4O6Si. The van der Waals surface area contributed by atoms with E-state index in [1.807, 2.05) is 71.5 Å². The van der Waals surface area contributed by atoms with E-state index in [1.54, 1.807) is 19.1 Å². The lowest BCUT2D eigenvalue weighted by molar-refractivity contribution is -0.0233. The maximum atomic E-state index is 12.3. The Bertz CT molecular complexity index is 1660. The highest BCUT2D eigenvalue weighted by atomic mass is 28.3. The van der Waals surface area contributed by atoms with Crippen molar-refractivity contribution in [1.82, 2.24) is 15.0 Å². The predicted molar refractivity (Wildman–Crippen MR) is 182 cm³/mol. The minimum absolute atomic E-state index is 0.0199. The van der Waals surface area contributed by atoms with Gasteiger partial charge in [0.25, 0.3) is 0 Å². The van der Waals surface area contributed by atoms with E-state index >= 15 is 0 Å². The van der Waals surface area contributed by atoms with E-state index in [0.717, 1.165) is 40.4 Å². The van der Waals surface area contributed by atoms with E-state index in [-0.39, 0.29) is 42.3 Å². The highest BCUT2D eigenvalue weighted by molar-refractivity contribution is 6.91. The number of carbonyl (C=O) groups is 1. The van der Waals surface area contributed by atoms with E-state index in [4.69, 9.17) is 18.9 Å². The summed E-state index contributed by atoms with van der Waals surface area (Å²) in [7, 11) is 1.21. The van der Waals surface area contributed by atoms with E-state index in [1.165, 1.54) is 5.19 Å². The predicted octanol–water partition coefficient (Wildman–Crippen LogP) is 5.53. The number of rotatable bonds is 12. The van der Waals surface area contributed by atoms with E-state index in [0.29, 0.717) is 19.7 Å². The fourth-order valence-corrected chi connectivity index (χ4v) is 10.7. The highest BCUT2D eigenvalue weighted by Crippen LogP contribution is 2.48. The fraction of sp³-hybridized carbons (Fsp3) is 0.417. The molecule has 0 spiro atoms. The number of amides is 1. The molecule has 2 aliphatic heterocycles. The van der Waals surface area contributed by atoms with Gasteiger partial charge in [0.15, 0.2) is 0 Å². The molecule has 6 rings (SSSR count). The smallest absolute Gasteiger partial charge is 0.414 e. The fourth-order valence-electron chi connectivity index (χ4n) is 7.24. The number of aliphatic hydroxyl groups excluding tert-OH is 1. The van der Waals surface area contributed by atoms with Gasteiger partial charge in [-0.05, 0) is 47.9 Å². The van der Waals surface area contributed by atoms with Crippen molar-refractivity contribution in [2.75, 3.05) is 38.9 Å². The lowest BCUT2D eigenvalue weighted by Gasteiger charge is -2.46. The number of nitrogens with zero attached hydrogens (tertiary/aromatic N) is 4. The average molecular weight is 657 g/mol. The molecule has 1 saturated heterocycles. The van der Waals surface area contributed by atoms with E-state index in [9.17, 15) is 9.90 Å². The molecule has 5 atom stereocenters. The van der Waals surface area contributed by atoms with Gasteiger partial charge < -0.3 is 24.1 Å². The van der Waals surface area contributed by atoms with Gasteiger partial charge in [-0.1, -0.05) is 72.9 Å². The molecule has 0 radical (unpaired) electrons. The Balaban J connectivity index is 1.31. The van der Waals surface area contributed by atoms with Crippen molar-refractivity contribution in [1.29, 1.82) is 0 Å². The van der Waals surface area contributed by atoms with E-state index in [2.05, 4.69) is 42.5 Å². The molecule has 248 valence electrons. The van der Waals surface area contributed by atoms with Crippen LogP contribution >= 0.6 is 0 Å². The largest absolute Gasteiger partial charge is 0.497 e. The molecule has 11 heteroatoms. The summed E-state index contributed by atoms with van der Waals surface area (Å²) in [5.74, 6) is 1.39. The van der Waals surface area contributed by atoms with Crippen molar-refractivity contribution in [3.8, 4) is 11.5 Å². The molecule has 0 saturated carbocycles. The summed E-state index contributed by atoms with van der Waals surface area (Å²) < 4.78 is 25.7. The van der Waals surface area contributed by atoms with E-state index < -0.39 is 8.07 Å². The number of aliphatic hydroxyl groups is 1. The third kappa shape index (κ3) is 6.52. The zero-order chi connectivity index (χ0) is 33.1. The molecule has 1 amide bonds. The number of fused-ring (bicyclic) bond motifs is 1. The van der Waals surface area contributed by atoms with Crippen molar-refractivity contribution in [3.63, 3.8) is 0 Å². The van der Waals surface area contributed by atoms with Crippen molar-refractivity contribution < 1.29 is 28.8 Å². The Morgan fingerprint density at radius 1 is 1.06 bits per heavy atom. The highest BCUT2D eigenvalue weighted by Gasteiger charge is 2.47. The molecule has 47 heavy (non-hydrogen) atoms. The number of hydrogen-bond acceptors (Lipinski definition) is 8. The van der Waals surface area contributed by atoms with Crippen LogP contribution < -0.4 is 19.6 Å². The number of aryl methyl sites for hydroxylation is 1. The number of benzene rings is 3. The number of anilines is 1. The van der Waals surface area contributed by atoms with Crippen LogP contribution in [0.25, 0.3) is 0 Å². The van der Waals surface area contributed by atoms with Crippen LogP contribution in [-0.2, 0) is 16.0 Å². The first-order valence-corrected chi connectivity index (χ1v) is 19.3. The molecule has 0 bridgehead atoms. The van der Waals surface area contributed by atoms with Gasteiger partial charge in [-0.3, -0.25) is 9.58 Å². The molecule has 1 N–H and O–H groups in total. The normalized spacial score (nSPS) is 20.7. The molecule has 10 nitrogen and oxygen atoms in total. The number of hydrogen-bond donors (Lipinski definition) is 1. The van der Waals surface area contributed by atoms with Gasteiger partial charge in [0.05, 0.1) is 46.1 Å².